The van der Waals surface area contributed by atoms with Gasteiger partial charge in [0.1, 0.15) is 11.6 Å². The van der Waals surface area contributed by atoms with E-state index in [1.807, 2.05) is 0 Å². The zero-order valence-corrected chi connectivity index (χ0v) is 15.2. The molecule has 4 heteroatoms. The zero-order chi connectivity index (χ0) is 14.7. The number of anilines is 1. The maximum absolute atomic E-state index is 5.06. The first-order valence-electron chi connectivity index (χ1n) is 8.60. The molecular formula is C17H26IN3. The lowest BCUT2D eigenvalue weighted by atomic mass is 9.88. The molecule has 2 aliphatic carbocycles. The van der Waals surface area contributed by atoms with E-state index in [0.29, 0.717) is 11.8 Å². The van der Waals surface area contributed by atoms with Gasteiger partial charge in [0.15, 0.2) is 0 Å². The summed E-state index contributed by atoms with van der Waals surface area (Å²) in [5.74, 6) is 3.46. The number of nitrogens with zero attached hydrogens (tertiary/aromatic N) is 2. The minimum atomic E-state index is 0.591. The molecule has 0 unspecified atom stereocenters. The summed E-state index contributed by atoms with van der Waals surface area (Å²) >= 11 is 2.45. The van der Waals surface area contributed by atoms with Crippen LogP contribution in [0.1, 0.15) is 88.1 Å². The average molecular weight is 399 g/mol. The van der Waals surface area contributed by atoms with Crippen LogP contribution in [0.25, 0.3) is 0 Å². The fourth-order valence-corrected chi connectivity index (χ4v) is 4.65. The minimum absolute atomic E-state index is 0.591. The molecule has 0 atom stereocenters. The van der Waals surface area contributed by atoms with Gasteiger partial charge in [-0.3, -0.25) is 0 Å². The molecule has 2 aliphatic rings. The standard InChI is InChI=1S/C17H26IN3/c1-2-19-17-14(18)15(12-8-6-7-9-12)20-16(21-17)13-10-4-3-5-11-13/h12-13H,2-11H2,1H3,(H,19,20,21). The van der Waals surface area contributed by atoms with Gasteiger partial charge < -0.3 is 5.32 Å². The van der Waals surface area contributed by atoms with Gasteiger partial charge in [-0.1, -0.05) is 32.1 Å². The molecule has 0 bridgehead atoms. The number of nitrogens with one attached hydrogen (secondary N) is 1. The Morgan fingerprint density at radius 2 is 1.57 bits per heavy atom. The molecule has 2 fully saturated rings. The normalized spacial score (nSPS) is 20.9. The third-order valence-electron chi connectivity index (χ3n) is 4.95. The second-order valence-corrected chi connectivity index (χ2v) is 7.56. The van der Waals surface area contributed by atoms with Crippen LogP contribution in [-0.2, 0) is 0 Å². The van der Waals surface area contributed by atoms with Gasteiger partial charge in [0, 0.05) is 18.4 Å². The first kappa shape index (κ1) is 15.5. The molecule has 1 aromatic rings. The summed E-state index contributed by atoms with van der Waals surface area (Å²) < 4.78 is 1.26. The van der Waals surface area contributed by atoms with E-state index in [4.69, 9.17) is 9.97 Å². The number of rotatable bonds is 4. The largest absolute Gasteiger partial charge is 0.369 e. The Kier molecular flexibility index (Phi) is 5.35. The van der Waals surface area contributed by atoms with Gasteiger partial charge in [-0.25, -0.2) is 9.97 Å². The highest BCUT2D eigenvalue weighted by Crippen LogP contribution is 2.39. The van der Waals surface area contributed by atoms with Gasteiger partial charge in [0.25, 0.3) is 0 Å². The monoisotopic (exact) mass is 399 g/mol. The second kappa shape index (κ2) is 7.25. The van der Waals surface area contributed by atoms with Gasteiger partial charge in [0.2, 0.25) is 0 Å². The predicted octanol–water partition coefficient (Wildman–Crippen LogP) is 5.22. The van der Waals surface area contributed by atoms with Crippen LogP contribution < -0.4 is 5.32 Å². The Bertz CT molecular complexity index is 477. The summed E-state index contributed by atoms with van der Waals surface area (Å²) in [7, 11) is 0. The van der Waals surface area contributed by atoms with E-state index in [9.17, 15) is 0 Å². The highest BCUT2D eigenvalue weighted by atomic mass is 127. The average Bonchev–Trinajstić information content (AvgIpc) is 3.04. The van der Waals surface area contributed by atoms with Crippen molar-refractivity contribution in [2.24, 2.45) is 0 Å². The van der Waals surface area contributed by atoms with Crippen molar-refractivity contribution in [2.75, 3.05) is 11.9 Å². The highest BCUT2D eigenvalue weighted by molar-refractivity contribution is 14.1. The molecule has 3 nitrogen and oxygen atoms in total. The zero-order valence-electron chi connectivity index (χ0n) is 13.0. The predicted molar refractivity (Wildman–Crippen MR) is 95.9 cm³/mol. The van der Waals surface area contributed by atoms with Gasteiger partial charge in [0.05, 0.1) is 9.26 Å². The van der Waals surface area contributed by atoms with Crippen molar-refractivity contribution in [1.82, 2.24) is 9.97 Å². The van der Waals surface area contributed by atoms with Gasteiger partial charge in [-0.05, 0) is 55.2 Å². The SMILES string of the molecule is CCNc1nc(C2CCCCC2)nc(C2CCCC2)c1I. The number of aromatic nitrogens is 2. The Balaban J connectivity index is 1.94. The molecule has 2 saturated carbocycles. The molecule has 0 saturated heterocycles. The first-order valence-corrected chi connectivity index (χ1v) is 9.68. The van der Waals surface area contributed by atoms with E-state index in [1.54, 1.807) is 0 Å². The van der Waals surface area contributed by atoms with Gasteiger partial charge in [-0.15, -0.1) is 0 Å². The maximum atomic E-state index is 5.06. The van der Waals surface area contributed by atoms with Crippen LogP contribution in [0.3, 0.4) is 0 Å². The third-order valence-corrected chi connectivity index (χ3v) is 6.01. The molecule has 1 aromatic heterocycles. The number of hydrogen-bond donors (Lipinski definition) is 1. The number of hydrogen-bond acceptors (Lipinski definition) is 3. The quantitative estimate of drug-likeness (QED) is 0.706. The van der Waals surface area contributed by atoms with Crippen molar-refractivity contribution in [3.05, 3.63) is 15.1 Å². The van der Waals surface area contributed by atoms with Crippen molar-refractivity contribution >= 4 is 28.4 Å². The van der Waals surface area contributed by atoms with Crippen LogP contribution in [0.15, 0.2) is 0 Å². The molecule has 1 heterocycles. The van der Waals surface area contributed by atoms with Crippen LogP contribution >= 0.6 is 22.6 Å². The molecule has 116 valence electrons. The van der Waals surface area contributed by atoms with E-state index in [-0.39, 0.29) is 0 Å². The summed E-state index contributed by atoms with van der Waals surface area (Å²) in [6.45, 7) is 3.08. The van der Waals surface area contributed by atoms with Crippen molar-refractivity contribution in [3.63, 3.8) is 0 Å². The molecule has 0 aliphatic heterocycles. The minimum Gasteiger partial charge on any atom is -0.369 e. The molecular weight excluding hydrogens is 373 g/mol. The topological polar surface area (TPSA) is 37.8 Å². The molecule has 0 radical (unpaired) electrons. The van der Waals surface area contributed by atoms with Gasteiger partial charge >= 0.3 is 0 Å². The van der Waals surface area contributed by atoms with E-state index >= 15 is 0 Å². The Morgan fingerprint density at radius 1 is 0.952 bits per heavy atom. The molecule has 0 spiro atoms. The maximum Gasteiger partial charge on any atom is 0.143 e. The summed E-state index contributed by atoms with van der Waals surface area (Å²) in [5, 5.41) is 3.46. The lowest BCUT2D eigenvalue weighted by molar-refractivity contribution is 0.426. The summed E-state index contributed by atoms with van der Waals surface area (Å²) in [5.41, 5.74) is 1.33. The van der Waals surface area contributed by atoms with Crippen molar-refractivity contribution in [3.8, 4) is 0 Å². The van der Waals surface area contributed by atoms with E-state index < -0.39 is 0 Å². The smallest absolute Gasteiger partial charge is 0.143 e. The summed E-state index contributed by atoms with van der Waals surface area (Å²) in [6.07, 6.45) is 12.0. The molecule has 3 rings (SSSR count). The first-order chi connectivity index (χ1) is 10.3. The highest BCUT2D eigenvalue weighted by Gasteiger charge is 2.26. The fourth-order valence-electron chi connectivity index (χ4n) is 3.78. The third kappa shape index (κ3) is 3.51. The van der Waals surface area contributed by atoms with Crippen LogP contribution in [0.2, 0.25) is 0 Å². The Hall–Kier alpha value is -0.390. The number of halogens is 1. The van der Waals surface area contributed by atoms with Crippen molar-refractivity contribution in [1.29, 1.82) is 0 Å². The second-order valence-electron chi connectivity index (χ2n) is 6.48. The Morgan fingerprint density at radius 3 is 2.24 bits per heavy atom. The lowest BCUT2D eigenvalue weighted by Crippen LogP contribution is -2.15. The van der Waals surface area contributed by atoms with Crippen molar-refractivity contribution in [2.45, 2.75) is 76.5 Å². The Labute approximate surface area is 141 Å². The van der Waals surface area contributed by atoms with Crippen LogP contribution in [-0.4, -0.2) is 16.5 Å². The van der Waals surface area contributed by atoms with E-state index in [0.717, 1.165) is 18.2 Å². The van der Waals surface area contributed by atoms with Crippen LogP contribution in [0.4, 0.5) is 5.82 Å². The molecule has 0 aromatic carbocycles. The fraction of sp³-hybridized carbons (Fsp3) is 0.765. The van der Waals surface area contributed by atoms with Crippen molar-refractivity contribution < 1.29 is 0 Å². The molecule has 0 amide bonds. The lowest BCUT2D eigenvalue weighted by Gasteiger charge is -2.23. The van der Waals surface area contributed by atoms with Crippen LogP contribution in [0.5, 0.6) is 0 Å². The molecule has 1 N–H and O–H groups in total. The van der Waals surface area contributed by atoms with Gasteiger partial charge in [-0.2, -0.15) is 0 Å². The van der Waals surface area contributed by atoms with E-state index in [1.165, 1.54) is 67.1 Å². The summed E-state index contributed by atoms with van der Waals surface area (Å²) in [6, 6.07) is 0. The van der Waals surface area contributed by atoms with E-state index in [2.05, 4.69) is 34.8 Å². The summed E-state index contributed by atoms with van der Waals surface area (Å²) in [4.78, 5) is 9.95. The van der Waals surface area contributed by atoms with Crippen LogP contribution in [0, 0.1) is 3.57 Å². The molecule has 21 heavy (non-hydrogen) atoms.